The number of para-hydroxylation sites is 2. The zero-order chi connectivity index (χ0) is 39.7. The minimum Gasteiger partial charge on any atom is -0.309 e. The van der Waals surface area contributed by atoms with E-state index in [1.165, 1.54) is 60.5 Å². The minimum absolute atomic E-state index is 0.224. The first-order valence-corrected chi connectivity index (χ1v) is 20.4. The first-order valence-electron chi connectivity index (χ1n) is 20.4. The Labute approximate surface area is 343 Å². The molecule has 9 aromatic carbocycles. The molecule has 3 nitrogen and oxygen atoms in total. The maximum Gasteiger partial charge on any atom is 0.0979 e. The molecule has 0 saturated carbocycles. The molecule has 0 radical (unpaired) electrons. The third-order valence-corrected chi connectivity index (χ3v) is 11.8. The Morgan fingerprint density at radius 3 is 1.42 bits per heavy atom. The molecule has 0 N–H and O–H groups in total. The fraction of sp³-hybridized carbons (Fsp3) is 0.0714. The van der Waals surface area contributed by atoms with Crippen LogP contribution in [0.15, 0.2) is 194 Å². The van der Waals surface area contributed by atoms with Gasteiger partial charge in [0.15, 0.2) is 0 Å². The van der Waals surface area contributed by atoms with E-state index in [0.29, 0.717) is 0 Å². The summed E-state index contributed by atoms with van der Waals surface area (Å²) in [6, 6.07) is 70.0. The van der Waals surface area contributed by atoms with Gasteiger partial charge in [0.25, 0.3) is 0 Å². The molecule has 0 saturated heterocycles. The molecule has 0 spiro atoms. The van der Waals surface area contributed by atoms with Crippen molar-refractivity contribution >= 4 is 54.4 Å². The summed E-state index contributed by atoms with van der Waals surface area (Å²) in [6.07, 6.45) is 0. The summed E-state index contributed by atoms with van der Waals surface area (Å²) in [4.78, 5) is 11.0. The van der Waals surface area contributed by atoms with Gasteiger partial charge >= 0.3 is 0 Å². The van der Waals surface area contributed by atoms with Crippen LogP contribution in [0, 0.1) is 0 Å². The third kappa shape index (κ3) is 5.89. The molecule has 280 valence electrons. The van der Waals surface area contributed by atoms with Gasteiger partial charge in [0, 0.05) is 38.2 Å². The number of aromatic nitrogens is 3. The molecule has 0 atom stereocenters. The van der Waals surface area contributed by atoms with Crippen LogP contribution < -0.4 is 0 Å². The van der Waals surface area contributed by atoms with Gasteiger partial charge < -0.3 is 4.57 Å². The molecule has 59 heavy (non-hydrogen) atoms. The highest BCUT2D eigenvalue weighted by Gasteiger charge is 2.25. The van der Waals surface area contributed by atoms with Crippen LogP contribution in [0.5, 0.6) is 0 Å². The number of hydrogen-bond acceptors (Lipinski definition) is 2. The maximum atomic E-state index is 5.51. The van der Waals surface area contributed by atoms with Gasteiger partial charge in [-0.15, -0.1) is 0 Å². The fourth-order valence-electron chi connectivity index (χ4n) is 8.97. The van der Waals surface area contributed by atoms with Crippen LogP contribution in [-0.4, -0.2) is 14.5 Å². The van der Waals surface area contributed by atoms with Crippen molar-refractivity contribution in [3.8, 4) is 50.3 Å². The van der Waals surface area contributed by atoms with Crippen molar-refractivity contribution < 1.29 is 0 Å². The Balaban J connectivity index is 0.955. The van der Waals surface area contributed by atoms with Gasteiger partial charge in [-0.1, -0.05) is 172 Å². The molecule has 0 aliphatic rings. The van der Waals surface area contributed by atoms with Gasteiger partial charge in [0.2, 0.25) is 0 Å². The highest BCUT2D eigenvalue weighted by atomic mass is 15.0. The van der Waals surface area contributed by atoms with Crippen LogP contribution in [-0.2, 0) is 5.41 Å². The van der Waals surface area contributed by atoms with Gasteiger partial charge in [-0.3, -0.25) is 0 Å². The standard InChI is InChI=1S/C56H41N3/c1-56(2,3)55-52(57-53-47-24-9-7-21-44(47)45-22-8-10-25-48(45)54(53)58-55)42-18-14-17-40(34-42)39-16-13-15-38(33-39)36-27-29-37(30-28-36)41-31-32-51-49(35-41)46-23-11-12-26-50(46)59(51)43-19-5-4-6-20-43/h4-35H,1-3H3. The largest absolute Gasteiger partial charge is 0.309 e. The van der Waals surface area contributed by atoms with E-state index >= 15 is 0 Å². The average Bonchev–Trinajstić information content (AvgIpc) is 3.62. The first kappa shape index (κ1) is 34.9. The Kier molecular flexibility index (Phi) is 8.06. The normalized spacial score (nSPS) is 12.0. The lowest BCUT2D eigenvalue weighted by Crippen LogP contribution is -2.16. The molecule has 11 aromatic rings. The molecule has 0 aliphatic carbocycles. The molecular weight excluding hydrogens is 715 g/mol. The topological polar surface area (TPSA) is 30.7 Å². The summed E-state index contributed by atoms with van der Waals surface area (Å²) < 4.78 is 2.36. The van der Waals surface area contributed by atoms with E-state index in [1.807, 2.05) is 0 Å². The monoisotopic (exact) mass is 755 g/mol. The molecule has 11 rings (SSSR count). The second-order valence-electron chi connectivity index (χ2n) is 16.6. The summed E-state index contributed by atoms with van der Waals surface area (Å²) in [5.41, 5.74) is 15.3. The summed E-state index contributed by atoms with van der Waals surface area (Å²) in [6.45, 7) is 6.70. The molecule has 0 fully saturated rings. The fourth-order valence-corrected chi connectivity index (χ4v) is 8.97. The molecule has 0 aliphatic heterocycles. The van der Waals surface area contributed by atoms with E-state index in [4.69, 9.17) is 9.97 Å². The summed E-state index contributed by atoms with van der Waals surface area (Å²) in [5.74, 6) is 0. The highest BCUT2D eigenvalue weighted by molar-refractivity contribution is 6.23. The van der Waals surface area contributed by atoms with Crippen LogP contribution in [0.3, 0.4) is 0 Å². The second-order valence-corrected chi connectivity index (χ2v) is 16.6. The molecule has 3 heteroatoms. The minimum atomic E-state index is -0.224. The van der Waals surface area contributed by atoms with E-state index in [-0.39, 0.29) is 5.41 Å². The maximum absolute atomic E-state index is 5.51. The summed E-state index contributed by atoms with van der Waals surface area (Å²) in [5, 5.41) is 7.19. The van der Waals surface area contributed by atoms with Gasteiger partial charge in [0.05, 0.1) is 33.5 Å². The van der Waals surface area contributed by atoms with E-state index in [1.54, 1.807) is 0 Å². The van der Waals surface area contributed by atoms with Gasteiger partial charge in [0.1, 0.15) is 0 Å². The molecule has 0 amide bonds. The lowest BCUT2D eigenvalue weighted by molar-refractivity contribution is 0.571. The molecule has 2 heterocycles. The summed E-state index contributed by atoms with van der Waals surface area (Å²) >= 11 is 0. The van der Waals surface area contributed by atoms with Gasteiger partial charge in [-0.2, -0.15) is 0 Å². The zero-order valence-electron chi connectivity index (χ0n) is 33.3. The highest BCUT2D eigenvalue weighted by Crippen LogP contribution is 2.40. The van der Waals surface area contributed by atoms with Crippen molar-refractivity contribution in [2.75, 3.05) is 0 Å². The third-order valence-electron chi connectivity index (χ3n) is 11.8. The van der Waals surface area contributed by atoms with Crippen molar-refractivity contribution in [3.05, 3.63) is 200 Å². The van der Waals surface area contributed by atoms with Gasteiger partial charge in [-0.25, -0.2) is 9.97 Å². The number of fused-ring (bicyclic) bond motifs is 9. The molecule has 2 aromatic heterocycles. The SMILES string of the molecule is CC(C)(C)c1nc2c3ccccc3c3ccccc3c2nc1-c1cccc(-c2cccc(-c3ccc(-c4ccc5c(c4)c4ccccc4n5-c4ccccc4)cc3)c2)c1. The van der Waals surface area contributed by atoms with Crippen LogP contribution >= 0.6 is 0 Å². The van der Waals surface area contributed by atoms with Crippen molar-refractivity contribution in [1.29, 1.82) is 0 Å². The predicted octanol–water partition coefficient (Wildman–Crippen LogP) is 15.0. The predicted molar refractivity (Wildman–Crippen MR) is 249 cm³/mol. The molecule has 0 unspecified atom stereocenters. The Morgan fingerprint density at radius 1 is 0.339 bits per heavy atom. The number of rotatable bonds is 5. The Hall–Kier alpha value is -7.36. The van der Waals surface area contributed by atoms with Crippen molar-refractivity contribution in [2.45, 2.75) is 26.2 Å². The smallest absolute Gasteiger partial charge is 0.0979 e. The van der Waals surface area contributed by atoms with Gasteiger partial charge in [-0.05, 0) is 86.6 Å². The van der Waals surface area contributed by atoms with E-state index < -0.39 is 0 Å². The van der Waals surface area contributed by atoms with Crippen LogP contribution in [0.1, 0.15) is 26.5 Å². The molecule has 0 bridgehead atoms. The van der Waals surface area contributed by atoms with Crippen molar-refractivity contribution in [3.63, 3.8) is 0 Å². The Morgan fingerprint density at radius 2 is 0.797 bits per heavy atom. The second kappa shape index (κ2) is 13.6. The van der Waals surface area contributed by atoms with E-state index in [2.05, 4.69) is 219 Å². The summed E-state index contributed by atoms with van der Waals surface area (Å²) in [7, 11) is 0. The average molecular weight is 756 g/mol. The first-order chi connectivity index (χ1) is 28.9. The lowest BCUT2D eigenvalue weighted by Gasteiger charge is -2.23. The molecular formula is C56H41N3. The van der Waals surface area contributed by atoms with Crippen LogP contribution in [0.4, 0.5) is 0 Å². The van der Waals surface area contributed by atoms with Crippen molar-refractivity contribution in [1.82, 2.24) is 14.5 Å². The van der Waals surface area contributed by atoms with E-state index in [9.17, 15) is 0 Å². The van der Waals surface area contributed by atoms with Crippen molar-refractivity contribution in [2.24, 2.45) is 0 Å². The number of nitrogens with zero attached hydrogens (tertiary/aromatic N) is 3. The van der Waals surface area contributed by atoms with Crippen LogP contribution in [0.2, 0.25) is 0 Å². The van der Waals surface area contributed by atoms with Crippen LogP contribution in [0.25, 0.3) is 105 Å². The quantitative estimate of drug-likeness (QED) is 0.164. The zero-order valence-corrected chi connectivity index (χ0v) is 33.3. The number of benzene rings is 9. The van der Waals surface area contributed by atoms with E-state index in [0.717, 1.165) is 49.9 Å². The lowest BCUT2D eigenvalue weighted by atomic mass is 9.87. The number of hydrogen-bond donors (Lipinski definition) is 0. The Bertz CT molecular complexity index is 3400.